The van der Waals surface area contributed by atoms with Gasteiger partial charge in [0.1, 0.15) is 18.8 Å². The average molecular weight is 701 g/mol. The van der Waals surface area contributed by atoms with Gasteiger partial charge in [0, 0.05) is 0 Å². The number of hydrogen-bond acceptors (Lipinski definition) is 10. The maximum atomic E-state index is 13.9. The van der Waals surface area contributed by atoms with E-state index in [1.165, 1.54) is 0 Å². The Balaban J connectivity index is 6.63. The maximum absolute atomic E-state index is 13.9. The highest BCUT2D eigenvalue weighted by molar-refractivity contribution is 7.52. The summed E-state index contributed by atoms with van der Waals surface area (Å²) >= 11 is 0. The summed E-state index contributed by atoms with van der Waals surface area (Å²) in [6.07, 6.45) is -3.38. The van der Waals surface area contributed by atoms with Crippen molar-refractivity contribution >= 4 is 63.0 Å². The SMILES string of the molecule is C[Si](C)(C)O[C@@H]([C@H](O[Si](C)(C)C)C(=O)COP(=O)(O[Si](C)(C)C)O[Si](C)(C)C)[C@@H](COP(=O)(O)O)O[Si](C)(C)C. The quantitative estimate of drug-likeness (QED) is 0.117. The molecule has 0 saturated carbocycles. The molecule has 0 spiro atoms. The van der Waals surface area contributed by atoms with Gasteiger partial charge in [0.2, 0.25) is 0 Å². The third-order valence-corrected chi connectivity index (χ3v) is 14.1. The van der Waals surface area contributed by atoms with Gasteiger partial charge in [-0.2, -0.15) is 0 Å². The van der Waals surface area contributed by atoms with Gasteiger partial charge in [-0.25, -0.2) is 9.13 Å². The Labute approximate surface area is 246 Å². The summed E-state index contributed by atoms with van der Waals surface area (Å²) in [5.74, 6) is -0.579. The van der Waals surface area contributed by atoms with Crippen molar-refractivity contribution in [3.05, 3.63) is 0 Å². The van der Waals surface area contributed by atoms with Gasteiger partial charge in [0.15, 0.2) is 47.4 Å². The van der Waals surface area contributed by atoms with Crippen molar-refractivity contribution < 1.29 is 54.5 Å². The lowest BCUT2D eigenvalue weighted by molar-refractivity contribution is -0.138. The van der Waals surface area contributed by atoms with Crippen molar-refractivity contribution in [1.82, 2.24) is 0 Å². The fourth-order valence-electron chi connectivity index (χ4n) is 3.23. The van der Waals surface area contributed by atoms with Gasteiger partial charge in [-0.1, -0.05) is 0 Å². The molecule has 0 aliphatic rings. The van der Waals surface area contributed by atoms with Crippen molar-refractivity contribution in [1.29, 1.82) is 0 Å². The summed E-state index contributed by atoms with van der Waals surface area (Å²) < 4.78 is 66.5. The lowest BCUT2D eigenvalue weighted by atomic mass is 10.1. The molecule has 2 N–H and O–H groups in total. The highest BCUT2D eigenvalue weighted by Crippen LogP contribution is 2.54. The van der Waals surface area contributed by atoms with Crippen LogP contribution in [0.25, 0.3) is 0 Å². The summed E-state index contributed by atoms with van der Waals surface area (Å²) in [6.45, 7) is 27.0. The summed E-state index contributed by atoms with van der Waals surface area (Å²) in [4.78, 5) is 32.7. The normalized spacial score (nSPS) is 17.0. The molecule has 0 heterocycles. The Morgan fingerprint density at radius 3 is 1.35 bits per heavy atom. The molecule has 240 valence electrons. The van der Waals surface area contributed by atoms with Crippen LogP contribution in [0.4, 0.5) is 0 Å². The highest BCUT2D eigenvalue weighted by atomic mass is 31.2. The molecule has 0 aromatic carbocycles. The van der Waals surface area contributed by atoms with Crippen molar-refractivity contribution in [2.45, 2.75) is 117 Å². The molecule has 0 fully saturated rings. The number of phosphoric ester groups is 1. The zero-order valence-electron chi connectivity index (χ0n) is 27.0. The van der Waals surface area contributed by atoms with E-state index in [0.717, 1.165) is 0 Å². The third kappa shape index (κ3) is 20.7. The van der Waals surface area contributed by atoms with Crippen LogP contribution in [0.1, 0.15) is 0 Å². The van der Waals surface area contributed by atoms with Crippen LogP contribution >= 0.6 is 15.6 Å². The molecule has 0 aromatic heterocycles. The first-order valence-corrected chi connectivity index (χ1v) is 33.3. The van der Waals surface area contributed by atoms with Gasteiger partial charge < -0.3 is 31.5 Å². The van der Waals surface area contributed by atoms with E-state index < -0.39 is 94.5 Å². The zero-order chi connectivity index (χ0) is 32.2. The first-order chi connectivity index (χ1) is 17.3. The van der Waals surface area contributed by atoms with Gasteiger partial charge in [0.05, 0.1) is 12.7 Å². The molecule has 0 aliphatic heterocycles. The number of hydrogen-bond donors (Lipinski definition) is 2. The minimum atomic E-state index is -4.86. The van der Waals surface area contributed by atoms with E-state index in [1.54, 1.807) is 0 Å². The molecule has 0 aromatic rings. The van der Waals surface area contributed by atoms with Crippen LogP contribution in [0.5, 0.6) is 0 Å². The highest BCUT2D eigenvalue weighted by Gasteiger charge is 2.45. The van der Waals surface area contributed by atoms with E-state index >= 15 is 0 Å². The monoisotopic (exact) mass is 700 g/mol. The predicted molar refractivity (Wildman–Crippen MR) is 170 cm³/mol. The number of ketones is 1. The molecule has 0 radical (unpaired) electrons. The van der Waals surface area contributed by atoms with Crippen LogP contribution in [0.2, 0.25) is 98.2 Å². The van der Waals surface area contributed by atoms with E-state index in [0.29, 0.717) is 0 Å². The zero-order valence-corrected chi connectivity index (χ0v) is 33.8. The molecule has 3 atom stereocenters. The molecule has 0 amide bonds. The predicted octanol–water partition coefficient (Wildman–Crippen LogP) is 6.15. The first-order valence-electron chi connectivity index (χ1n) is 13.2. The Bertz CT molecular complexity index is 893. The van der Waals surface area contributed by atoms with Crippen LogP contribution in [0.3, 0.4) is 0 Å². The fourth-order valence-corrected chi connectivity index (χ4v) is 13.4. The second-order valence-corrected chi connectivity index (χ2v) is 40.2. The summed E-state index contributed by atoms with van der Waals surface area (Å²) in [7, 11) is -21.0. The van der Waals surface area contributed by atoms with E-state index in [9.17, 15) is 23.7 Å². The van der Waals surface area contributed by atoms with Crippen LogP contribution in [0.15, 0.2) is 0 Å². The number of Topliss-reactive ketones (excluding diaryl/α,β-unsaturated/α-hetero) is 1. The van der Waals surface area contributed by atoms with Gasteiger partial charge in [-0.3, -0.25) is 13.8 Å². The molecule has 40 heavy (non-hydrogen) atoms. The first kappa shape index (κ1) is 40.9. The van der Waals surface area contributed by atoms with Crippen LogP contribution in [-0.4, -0.2) is 88.7 Å². The molecule has 19 heteroatoms. The average Bonchev–Trinajstić information content (AvgIpc) is 2.60. The minimum absolute atomic E-state index is 0.528. The summed E-state index contributed by atoms with van der Waals surface area (Å²) in [6, 6.07) is 0. The van der Waals surface area contributed by atoms with Gasteiger partial charge in [-0.15, -0.1) is 0 Å². The molecular formula is C21H54O12P2Si5. The van der Waals surface area contributed by atoms with Gasteiger partial charge >= 0.3 is 15.6 Å². The van der Waals surface area contributed by atoms with Crippen LogP contribution in [0, 0.1) is 0 Å². The second-order valence-electron chi connectivity index (χ2n) is 14.5. The molecule has 0 saturated heterocycles. The third-order valence-electron chi connectivity index (χ3n) is 4.00. The Hall–Kier alpha value is 0.854. The second kappa shape index (κ2) is 14.8. The van der Waals surface area contributed by atoms with Crippen LogP contribution < -0.4 is 0 Å². The molecule has 0 rings (SSSR count). The van der Waals surface area contributed by atoms with Gasteiger partial charge in [0.25, 0.3) is 0 Å². The topological polar surface area (TPSA) is 156 Å². The lowest BCUT2D eigenvalue weighted by Crippen LogP contribution is -2.57. The van der Waals surface area contributed by atoms with E-state index in [4.69, 9.17) is 30.8 Å². The summed E-state index contributed by atoms with van der Waals surface area (Å²) in [5, 5.41) is 0. The number of rotatable bonds is 19. The molecular weight excluding hydrogens is 647 g/mol. The maximum Gasteiger partial charge on any atom is 0.469 e. The molecule has 0 bridgehead atoms. The van der Waals surface area contributed by atoms with Crippen molar-refractivity contribution in [3.63, 3.8) is 0 Å². The Morgan fingerprint density at radius 1 is 0.625 bits per heavy atom. The molecule has 12 nitrogen and oxygen atoms in total. The minimum Gasteiger partial charge on any atom is -0.410 e. The Morgan fingerprint density at radius 2 is 1.02 bits per heavy atom. The molecule has 0 aliphatic carbocycles. The number of carbonyl (C=O) groups is 1. The number of carbonyl (C=O) groups excluding carboxylic acids is 1. The Kier molecular flexibility index (Phi) is 15.1. The van der Waals surface area contributed by atoms with Crippen molar-refractivity contribution in [2.24, 2.45) is 0 Å². The van der Waals surface area contributed by atoms with E-state index in [2.05, 4.69) is 0 Å². The standard InChI is InChI=1S/C21H54O12P2Si5/c1-36(2,3)29-19(17-27-34(23,24)25)21(31-38(7,8)9)20(30-37(4,5)6)18(22)16-28-35(26,32-39(10,11)12)33-40(13,14)15/h19-21H,16-17H2,1-15H3,(H2,23,24,25)/t19-,20-,21-/m1/s1. The van der Waals surface area contributed by atoms with Crippen molar-refractivity contribution in [3.8, 4) is 0 Å². The largest absolute Gasteiger partial charge is 0.469 e. The number of phosphoric acid groups is 2. The fraction of sp³-hybridized carbons (Fsp3) is 0.952. The van der Waals surface area contributed by atoms with Crippen molar-refractivity contribution in [2.75, 3.05) is 13.2 Å². The summed E-state index contributed by atoms with van der Waals surface area (Å²) in [5.41, 5.74) is 0. The van der Waals surface area contributed by atoms with Crippen LogP contribution in [-0.2, 0) is 44.7 Å². The van der Waals surface area contributed by atoms with Gasteiger partial charge in [-0.05, 0) is 98.2 Å². The van der Waals surface area contributed by atoms with E-state index in [1.807, 2.05) is 98.2 Å². The molecule has 0 unspecified atom stereocenters. The smallest absolute Gasteiger partial charge is 0.410 e. The van der Waals surface area contributed by atoms with E-state index in [-0.39, 0.29) is 0 Å². The lowest BCUT2D eigenvalue weighted by Gasteiger charge is -2.41.